The highest BCUT2D eigenvalue weighted by Gasteiger charge is 2.14. The van der Waals surface area contributed by atoms with Crippen LogP contribution in [0.5, 0.6) is 0 Å². The predicted octanol–water partition coefficient (Wildman–Crippen LogP) is 3.78. The maximum absolute atomic E-state index is 11.3. The SMILES string of the molecule is Cc1ccsc1-c1nn(Cc2ccccc2)cc1C=O. The molecule has 0 aliphatic rings. The largest absolute Gasteiger partial charge is 0.298 e. The summed E-state index contributed by atoms with van der Waals surface area (Å²) in [5.74, 6) is 0. The van der Waals surface area contributed by atoms with Crippen molar-refractivity contribution in [3.8, 4) is 10.6 Å². The molecule has 0 amide bonds. The Hall–Kier alpha value is -2.20. The Kier molecular flexibility index (Phi) is 3.48. The first-order valence-electron chi connectivity index (χ1n) is 6.39. The quantitative estimate of drug-likeness (QED) is 0.683. The van der Waals surface area contributed by atoms with Crippen molar-refractivity contribution in [2.45, 2.75) is 13.5 Å². The highest BCUT2D eigenvalue weighted by atomic mass is 32.1. The van der Waals surface area contributed by atoms with E-state index in [0.29, 0.717) is 12.1 Å². The summed E-state index contributed by atoms with van der Waals surface area (Å²) in [6.07, 6.45) is 2.69. The second-order valence-electron chi connectivity index (χ2n) is 4.67. The van der Waals surface area contributed by atoms with Gasteiger partial charge < -0.3 is 0 Å². The van der Waals surface area contributed by atoms with Gasteiger partial charge in [0.15, 0.2) is 6.29 Å². The summed E-state index contributed by atoms with van der Waals surface area (Å²) in [6.45, 7) is 2.71. The first-order chi connectivity index (χ1) is 9.78. The lowest BCUT2D eigenvalue weighted by Gasteiger charge is -2.01. The Morgan fingerprint density at radius 3 is 2.70 bits per heavy atom. The topological polar surface area (TPSA) is 34.9 Å². The fourth-order valence-electron chi connectivity index (χ4n) is 2.17. The zero-order valence-electron chi connectivity index (χ0n) is 11.1. The van der Waals surface area contributed by atoms with Crippen LogP contribution < -0.4 is 0 Å². The van der Waals surface area contributed by atoms with Gasteiger partial charge in [-0.1, -0.05) is 30.3 Å². The molecule has 0 saturated carbocycles. The van der Waals surface area contributed by atoms with Crippen LogP contribution in [0.2, 0.25) is 0 Å². The number of benzene rings is 1. The molecule has 0 aliphatic carbocycles. The number of thiophene rings is 1. The maximum atomic E-state index is 11.3. The van der Waals surface area contributed by atoms with Gasteiger partial charge in [-0.25, -0.2) is 0 Å². The second-order valence-corrected chi connectivity index (χ2v) is 5.58. The molecule has 0 N–H and O–H groups in total. The summed E-state index contributed by atoms with van der Waals surface area (Å²) < 4.78 is 1.83. The van der Waals surface area contributed by atoms with Gasteiger partial charge in [0.05, 0.1) is 17.0 Å². The van der Waals surface area contributed by atoms with E-state index < -0.39 is 0 Å². The fourth-order valence-corrected chi connectivity index (χ4v) is 3.10. The molecule has 0 saturated heterocycles. The van der Waals surface area contributed by atoms with Crippen molar-refractivity contribution >= 4 is 17.6 Å². The summed E-state index contributed by atoms with van der Waals surface area (Å²) in [7, 11) is 0. The first kappa shape index (κ1) is 12.8. The Labute approximate surface area is 121 Å². The lowest BCUT2D eigenvalue weighted by molar-refractivity contribution is 0.112. The summed E-state index contributed by atoms with van der Waals surface area (Å²) in [6, 6.07) is 12.2. The molecule has 3 rings (SSSR count). The summed E-state index contributed by atoms with van der Waals surface area (Å²) in [4.78, 5) is 12.3. The number of carbonyl (C=O) groups excluding carboxylic acids is 1. The molecular formula is C16H14N2OS. The van der Waals surface area contributed by atoms with E-state index in [9.17, 15) is 4.79 Å². The van der Waals surface area contributed by atoms with Crippen LogP contribution >= 0.6 is 11.3 Å². The van der Waals surface area contributed by atoms with Crippen molar-refractivity contribution in [2.24, 2.45) is 0 Å². The molecule has 2 aromatic heterocycles. The van der Waals surface area contributed by atoms with Crippen molar-refractivity contribution in [1.82, 2.24) is 9.78 Å². The number of carbonyl (C=O) groups is 1. The highest BCUT2D eigenvalue weighted by molar-refractivity contribution is 7.13. The van der Waals surface area contributed by atoms with Gasteiger partial charge in [0.25, 0.3) is 0 Å². The van der Waals surface area contributed by atoms with E-state index in [1.54, 1.807) is 11.3 Å². The van der Waals surface area contributed by atoms with Crippen molar-refractivity contribution in [3.05, 3.63) is 64.7 Å². The van der Waals surface area contributed by atoms with E-state index in [4.69, 9.17) is 0 Å². The molecule has 0 atom stereocenters. The number of hydrogen-bond acceptors (Lipinski definition) is 3. The van der Waals surface area contributed by atoms with E-state index in [-0.39, 0.29) is 0 Å². The molecule has 100 valence electrons. The number of aldehydes is 1. The minimum absolute atomic E-state index is 0.645. The average Bonchev–Trinajstić information content (AvgIpc) is 3.05. The van der Waals surface area contributed by atoms with Gasteiger partial charge in [0.1, 0.15) is 5.69 Å². The average molecular weight is 282 g/mol. The van der Waals surface area contributed by atoms with Crippen LogP contribution in [0.1, 0.15) is 21.5 Å². The Balaban J connectivity index is 1.97. The standard InChI is InChI=1S/C16H14N2OS/c1-12-7-8-20-16(12)15-14(11-19)10-18(17-15)9-13-5-3-2-4-6-13/h2-8,10-11H,9H2,1H3. The molecule has 4 heteroatoms. The van der Waals surface area contributed by atoms with Gasteiger partial charge in [0.2, 0.25) is 0 Å². The van der Waals surface area contributed by atoms with Crippen LogP contribution in [0.15, 0.2) is 48.0 Å². The fraction of sp³-hybridized carbons (Fsp3) is 0.125. The molecule has 3 aromatic rings. The van der Waals surface area contributed by atoms with Crippen LogP contribution in [-0.2, 0) is 6.54 Å². The molecule has 0 spiro atoms. The predicted molar refractivity (Wildman–Crippen MR) is 81.2 cm³/mol. The Morgan fingerprint density at radius 2 is 2.05 bits per heavy atom. The monoisotopic (exact) mass is 282 g/mol. The van der Waals surface area contributed by atoms with Crippen molar-refractivity contribution in [1.29, 1.82) is 0 Å². The lowest BCUT2D eigenvalue weighted by atomic mass is 10.2. The van der Waals surface area contributed by atoms with E-state index in [2.05, 4.69) is 17.2 Å². The van der Waals surface area contributed by atoms with Crippen LogP contribution in [0.3, 0.4) is 0 Å². The van der Waals surface area contributed by atoms with E-state index in [0.717, 1.165) is 22.4 Å². The molecule has 0 radical (unpaired) electrons. The Bertz CT molecular complexity index is 728. The van der Waals surface area contributed by atoms with Gasteiger partial charge in [0, 0.05) is 6.20 Å². The van der Waals surface area contributed by atoms with Gasteiger partial charge >= 0.3 is 0 Å². The number of rotatable bonds is 4. The molecule has 20 heavy (non-hydrogen) atoms. The molecular weight excluding hydrogens is 268 g/mol. The normalized spacial score (nSPS) is 10.7. The van der Waals surface area contributed by atoms with E-state index in [1.165, 1.54) is 5.56 Å². The van der Waals surface area contributed by atoms with Gasteiger partial charge in [-0.3, -0.25) is 9.48 Å². The van der Waals surface area contributed by atoms with Crippen LogP contribution in [-0.4, -0.2) is 16.1 Å². The van der Waals surface area contributed by atoms with Crippen molar-refractivity contribution < 1.29 is 4.79 Å². The highest BCUT2D eigenvalue weighted by Crippen LogP contribution is 2.29. The third-order valence-corrected chi connectivity index (χ3v) is 4.20. The third kappa shape index (κ3) is 2.42. The maximum Gasteiger partial charge on any atom is 0.153 e. The van der Waals surface area contributed by atoms with Gasteiger partial charge in [-0.05, 0) is 29.5 Å². The second kappa shape index (κ2) is 5.43. The Morgan fingerprint density at radius 1 is 1.25 bits per heavy atom. The lowest BCUT2D eigenvalue weighted by Crippen LogP contribution is -1.99. The minimum Gasteiger partial charge on any atom is -0.298 e. The molecule has 3 nitrogen and oxygen atoms in total. The molecule has 2 heterocycles. The number of aromatic nitrogens is 2. The number of nitrogens with zero attached hydrogens (tertiary/aromatic N) is 2. The van der Waals surface area contributed by atoms with Crippen molar-refractivity contribution in [3.63, 3.8) is 0 Å². The first-order valence-corrected chi connectivity index (χ1v) is 7.27. The minimum atomic E-state index is 0.645. The molecule has 0 fully saturated rings. The number of aryl methyl sites for hydroxylation is 1. The zero-order valence-corrected chi connectivity index (χ0v) is 11.9. The molecule has 0 bridgehead atoms. The van der Waals surface area contributed by atoms with Gasteiger partial charge in [-0.15, -0.1) is 11.3 Å². The molecule has 0 unspecified atom stereocenters. The smallest absolute Gasteiger partial charge is 0.153 e. The molecule has 1 aromatic carbocycles. The van der Waals surface area contributed by atoms with E-state index >= 15 is 0 Å². The summed E-state index contributed by atoms with van der Waals surface area (Å²) in [5.41, 5.74) is 3.75. The summed E-state index contributed by atoms with van der Waals surface area (Å²) >= 11 is 1.62. The van der Waals surface area contributed by atoms with Crippen molar-refractivity contribution in [2.75, 3.05) is 0 Å². The van der Waals surface area contributed by atoms with Crippen LogP contribution in [0.25, 0.3) is 10.6 Å². The number of hydrogen-bond donors (Lipinski definition) is 0. The van der Waals surface area contributed by atoms with Crippen LogP contribution in [0, 0.1) is 6.92 Å². The molecule has 0 aliphatic heterocycles. The summed E-state index contributed by atoms with van der Waals surface area (Å²) in [5, 5.41) is 6.60. The zero-order chi connectivity index (χ0) is 13.9. The van der Waals surface area contributed by atoms with E-state index in [1.807, 2.05) is 47.4 Å². The third-order valence-electron chi connectivity index (χ3n) is 3.18. The van der Waals surface area contributed by atoms with Gasteiger partial charge in [-0.2, -0.15) is 5.10 Å². The van der Waals surface area contributed by atoms with Crippen LogP contribution in [0.4, 0.5) is 0 Å².